The molecule has 0 spiro atoms. The van der Waals surface area contributed by atoms with Gasteiger partial charge in [0.15, 0.2) is 11.5 Å². The van der Waals surface area contributed by atoms with E-state index in [1.54, 1.807) is 20.3 Å². The van der Waals surface area contributed by atoms with Gasteiger partial charge in [0.2, 0.25) is 0 Å². The predicted molar refractivity (Wildman–Crippen MR) is 85.2 cm³/mol. The zero-order valence-electron chi connectivity index (χ0n) is 12.4. The molecule has 2 rings (SSSR count). The Morgan fingerprint density at radius 1 is 1.05 bits per heavy atom. The van der Waals surface area contributed by atoms with Crippen molar-refractivity contribution in [2.24, 2.45) is 0 Å². The molecule has 0 amide bonds. The lowest BCUT2D eigenvalue weighted by molar-refractivity contribution is 0.354. The molecule has 0 saturated heterocycles. The summed E-state index contributed by atoms with van der Waals surface area (Å²) in [4.78, 5) is 0.768. The fourth-order valence-corrected chi connectivity index (χ4v) is 3.39. The van der Waals surface area contributed by atoms with Crippen LogP contribution in [0.2, 0.25) is 0 Å². The van der Waals surface area contributed by atoms with Crippen LogP contribution in [0.5, 0.6) is 11.5 Å². The number of methoxy groups -OCH3 is 2. The molecule has 0 bridgehead atoms. The summed E-state index contributed by atoms with van der Waals surface area (Å²) in [5.41, 5.74) is 8.29. The summed E-state index contributed by atoms with van der Waals surface area (Å²) < 4.78 is 23.0. The number of benzene rings is 2. The monoisotopic (exact) mass is 305 g/mol. The average Bonchev–Trinajstić information content (AvgIpc) is 2.49. The van der Waals surface area contributed by atoms with Crippen LogP contribution < -0.4 is 15.2 Å². The van der Waals surface area contributed by atoms with Gasteiger partial charge in [0.05, 0.1) is 30.8 Å². The van der Waals surface area contributed by atoms with E-state index >= 15 is 0 Å². The number of nitrogens with two attached hydrogens (primary N) is 1. The standard InChI is InChI=1S/C16H19NO3S/c1-11-4-6-13(17)9-16(11)21(18)10-12-5-7-14(19-2)15(8-12)20-3/h4-9H,10,17H2,1-3H3. The van der Waals surface area contributed by atoms with Crippen molar-refractivity contribution >= 4 is 16.5 Å². The second-order valence-corrected chi connectivity index (χ2v) is 6.12. The molecule has 1 atom stereocenters. The highest BCUT2D eigenvalue weighted by Gasteiger charge is 2.11. The van der Waals surface area contributed by atoms with Crippen LogP contribution in [-0.2, 0) is 16.6 Å². The van der Waals surface area contributed by atoms with Gasteiger partial charge in [0.1, 0.15) is 0 Å². The van der Waals surface area contributed by atoms with Crippen LogP contribution in [0.4, 0.5) is 5.69 Å². The minimum absolute atomic E-state index is 0.407. The second kappa shape index (κ2) is 6.63. The van der Waals surface area contributed by atoms with Crippen LogP contribution in [0.25, 0.3) is 0 Å². The lowest BCUT2D eigenvalue weighted by Crippen LogP contribution is -2.01. The van der Waals surface area contributed by atoms with Gasteiger partial charge in [0, 0.05) is 10.6 Å². The van der Waals surface area contributed by atoms with Crippen LogP contribution >= 0.6 is 0 Å². The Morgan fingerprint density at radius 3 is 2.43 bits per heavy atom. The van der Waals surface area contributed by atoms with Crippen molar-refractivity contribution in [2.75, 3.05) is 20.0 Å². The van der Waals surface area contributed by atoms with Crippen molar-refractivity contribution in [1.29, 1.82) is 0 Å². The van der Waals surface area contributed by atoms with Gasteiger partial charge in [-0.25, -0.2) is 0 Å². The van der Waals surface area contributed by atoms with Gasteiger partial charge in [-0.2, -0.15) is 0 Å². The van der Waals surface area contributed by atoms with E-state index in [-0.39, 0.29) is 0 Å². The Labute approximate surface area is 127 Å². The van der Waals surface area contributed by atoms with Gasteiger partial charge < -0.3 is 15.2 Å². The van der Waals surface area contributed by atoms with Gasteiger partial charge in [0.25, 0.3) is 0 Å². The molecule has 0 aliphatic heterocycles. The largest absolute Gasteiger partial charge is 0.493 e. The summed E-state index contributed by atoms with van der Waals surface area (Å²) in [5.74, 6) is 1.70. The third-order valence-electron chi connectivity index (χ3n) is 3.20. The number of rotatable bonds is 5. The molecule has 2 aromatic rings. The molecular weight excluding hydrogens is 286 g/mol. The van der Waals surface area contributed by atoms with Gasteiger partial charge in [-0.05, 0) is 42.3 Å². The van der Waals surface area contributed by atoms with Crippen molar-refractivity contribution in [3.8, 4) is 11.5 Å². The third kappa shape index (κ3) is 3.55. The Balaban J connectivity index is 2.25. The quantitative estimate of drug-likeness (QED) is 0.863. The zero-order chi connectivity index (χ0) is 15.4. The molecule has 1 unspecified atom stereocenters. The molecule has 0 fully saturated rings. The summed E-state index contributed by atoms with van der Waals surface area (Å²) in [7, 11) is 2.02. The van der Waals surface area contributed by atoms with Gasteiger partial charge in [-0.15, -0.1) is 0 Å². The molecule has 0 aromatic heterocycles. The minimum Gasteiger partial charge on any atom is -0.493 e. The number of aryl methyl sites for hydroxylation is 1. The number of anilines is 1. The first-order valence-electron chi connectivity index (χ1n) is 6.50. The molecule has 112 valence electrons. The maximum atomic E-state index is 12.5. The van der Waals surface area contributed by atoms with Crippen molar-refractivity contribution in [2.45, 2.75) is 17.6 Å². The smallest absolute Gasteiger partial charge is 0.161 e. The number of hydrogen-bond acceptors (Lipinski definition) is 4. The summed E-state index contributed by atoms with van der Waals surface area (Å²) in [6, 6.07) is 11.0. The topological polar surface area (TPSA) is 61.5 Å². The molecule has 4 nitrogen and oxygen atoms in total. The Morgan fingerprint density at radius 2 is 1.76 bits per heavy atom. The lowest BCUT2D eigenvalue weighted by Gasteiger charge is -2.10. The van der Waals surface area contributed by atoms with Crippen molar-refractivity contribution in [3.05, 3.63) is 47.5 Å². The summed E-state index contributed by atoms with van der Waals surface area (Å²) in [5, 5.41) is 0. The predicted octanol–water partition coefficient (Wildman–Crippen LogP) is 2.90. The van der Waals surface area contributed by atoms with Crippen LogP contribution in [-0.4, -0.2) is 18.4 Å². The molecule has 0 aliphatic rings. The molecule has 0 radical (unpaired) electrons. The van der Waals surface area contributed by atoms with Crippen LogP contribution in [0.3, 0.4) is 0 Å². The van der Waals surface area contributed by atoms with Crippen molar-refractivity contribution in [1.82, 2.24) is 0 Å². The molecular formula is C16H19NO3S. The van der Waals surface area contributed by atoms with E-state index in [0.717, 1.165) is 16.0 Å². The van der Waals surface area contributed by atoms with Gasteiger partial charge in [-0.1, -0.05) is 12.1 Å². The maximum absolute atomic E-state index is 12.5. The molecule has 2 aromatic carbocycles. The zero-order valence-corrected chi connectivity index (χ0v) is 13.2. The van der Waals surface area contributed by atoms with Crippen LogP contribution in [0.1, 0.15) is 11.1 Å². The average molecular weight is 305 g/mol. The summed E-state index contributed by atoms with van der Waals surface area (Å²) >= 11 is 0. The Kier molecular flexibility index (Phi) is 4.85. The van der Waals surface area contributed by atoms with E-state index in [4.69, 9.17) is 15.2 Å². The molecule has 2 N–H and O–H groups in total. The van der Waals surface area contributed by atoms with Gasteiger partial charge >= 0.3 is 0 Å². The first kappa shape index (κ1) is 15.4. The van der Waals surface area contributed by atoms with E-state index in [1.807, 2.05) is 37.3 Å². The summed E-state index contributed by atoms with van der Waals surface area (Å²) in [6.45, 7) is 1.93. The van der Waals surface area contributed by atoms with Crippen molar-refractivity contribution in [3.63, 3.8) is 0 Å². The highest BCUT2D eigenvalue weighted by Crippen LogP contribution is 2.29. The number of ether oxygens (including phenoxy) is 2. The summed E-state index contributed by atoms with van der Waals surface area (Å²) in [6.07, 6.45) is 0. The minimum atomic E-state index is -1.15. The van der Waals surface area contributed by atoms with E-state index < -0.39 is 10.8 Å². The second-order valence-electron chi connectivity index (χ2n) is 4.70. The fourth-order valence-electron chi connectivity index (χ4n) is 2.06. The first-order valence-corrected chi connectivity index (χ1v) is 7.82. The van der Waals surface area contributed by atoms with Crippen molar-refractivity contribution < 1.29 is 13.7 Å². The third-order valence-corrected chi connectivity index (χ3v) is 4.73. The van der Waals surface area contributed by atoms with E-state index in [9.17, 15) is 4.21 Å². The van der Waals surface area contributed by atoms with Crippen LogP contribution in [0.15, 0.2) is 41.3 Å². The molecule has 0 aliphatic carbocycles. The first-order chi connectivity index (χ1) is 10.0. The molecule has 5 heteroatoms. The Hall–Kier alpha value is -2.01. The molecule has 21 heavy (non-hydrogen) atoms. The van der Waals surface area contributed by atoms with Crippen LogP contribution in [0, 0.1) is 6.92 Å². The maximum Gasteiger partial charge on any atom is 0.161 e. The van der Waals surface area contributed by atoms with E-state index in [1.165, 1.54) is 0 Å². The SMILES string of the molecule is COc1ccc(CS(=O)c2cc(N)ccc2C)cc1OC. The molecule has 0 saturated carbocycles. The number of hydrogen-bond donors (Lipinski definition) is 1. The van der Waals surface area contributed by atoms with Gasteiger partial charge in [-0.3, -0.25) is 4.21 Å². The highest BCUT2D eigenvalue weighted by atomic mass is 32.2. The fraction of sp³-hybridized carbons (Fsp3) is 0.250. The normalized spacial score (nSPS) is 12.0. The molecule has 0 heterocycles. The van der Waals surface area contributed by atoms with E-state index in [2.05, 4.69) is 0 Å². The number of nitrogen functional groups attached to an aromatic ring is 1. The highest BCUT2D eigenvalue weighted by molar-refractivity contribution is 7.84. The lowest BCUT2D eigenvalue weighted by atomic mass is 10.2. The Bertz CT molecular complexity index is 671. The van der Waals surface area contributed by atoms with E-state index in [0.29, 0.717) is 22.9 Å².